The highest BCUT2D eigenvalue weighted by molar-refractivity contribution is 5.81. The van der Waals surface area contributed by atoms with Gasteiger partial charge >= 0.3 is 0 Å². The molecule has 4 nitrogen and oxygen atoms in total. The number of ether oxygens (including phenoxy) is 1. The Labute approximate surface area is 142 Å². The zero-order valence-electron chi connectivity index (χ0n) is 15.0. The zero-order chi connectivity index (χ0) is 16.9. The minimum atomic E-state index is -0.549. The van der Waals surface area contributed by atoms with Crippen LogP contribution in [0.5, 0.6) is 0 Å². The molecule has 1 heterocycles. The molecule has 0 aliphatic carbocycles. The Hall–Kier alpha value is -0.610. The molecule has 0 saturated carbocycles. The molecule has 0 unspecified atom stereocenters. The Kier molecular flexibility index (Phi) is 11.3. The lowest BCUT2D eigenvalue weighted by Crippen LogP contribution is -2.25. The molecule has 0 aromatic heterocycles. The lowest BCUT2D eigenvalue weighted by atomic mass is 10.0. The van der Waals surface area contributed by atoms with E-state index < -0.39 is 18.1 Å². The smallest absolute Gasteiger partial charge is 0.249 e. The molecule has 1 aliphatic heterocycles. The number of aliphatic hydroxyl groups excluding tert-OH is 1. The Balaban J connectivity index is 1.76. The minimum Gasteiger partial charge on any atom is -0.390 e. The Morgan fingerprint density at radius 2 is 1.35 bits per heavy atom. The van der Waals surface area contributed by atoms with Crippen LogP contribution in [0.15, 0.2) is 0 Å². The summed E-state index contributed by atoms with van der Waals surface area (Å²) in [5.41, 5.74) is 5.13. The van der Waals surface area contributed by atoms with Gasteiger partial charge < -0.3 is 15.6 Å². The molecule has 1 rings (SSSR count). The summed E-state index contributed by atoms with van der Waals surface area (Å²) in [5, 5.41) is 9.85. The molecule has 1 saturated heterocycles. The summed E-state index contributed by atoms with van der Waals surface area (Å²) in [7, 11) is 0. The average molecular weight is 328 g/mol. The molecule has 4 heteroatoms. The van der Waals surface area contributed by atoms with Gasteiger partial charge in [0.1, 0.15) is 6.10 Å². The van der Waals surface area contributed by atoms with E-state index in [2.05, 4.69) is 6.92 Å². The van der Waals surface area contributed by atoms with Gasteiger partial charge in [-0.1, -0.05) is 90.4 Å². The van der Waals surface area contributed by atoms with E-state index in [9.17, 15) is 9.90 Å². The monoisotopic (exact) mass is 327 g/mol. The van der Waals surface area contributed by atoms with Gasteiger partial charge in [0.2, 0.25) is 5.91 Å². The van der Waals surface area contributed by atoms with Gasteiger partial charge in [0.05, 0.1) is 6.10 Å². The van der Waals surface area contributed by atoms with E-state index in [1.165, 1.54) is 70.6 Å². The summed E-state index contributed by atoms with van der Waals surface area (Å²) in [4.78, 5) is 10.9. The Morgan fingerprint density at radius 1 is 0.913 bits per heavy atom. The van der Waals surface area contributed by atoms with E-state index in [0.29, 0.717) is 6.42 Å². The molecule has 1 fully saturated rings. The normalized spacial score (nSPS) is 21.3. The quantitative estimate of drug-likeness (QED) is 0.331. The third kappa shape index (κ3) is 9.98. The predicted molar refractivity (Wildman–Crippen MR) is 94.2 cm³/mol. The predicted octanol–water partition coefficient (Wildman–Crippen LogP) is 4.08. The van der Waals surface area contributed by atoms with Crippen molar-refractivity contribution in [1.29, 1.82) is 0 Å². The topological polar surface area (TPSA) is 75.8 Å². The van der Waals surface area contributed by atoms with Crippen LogP contribution in [0, 0.1) is 0 Å². The summed E-state index contributed by atoms with van der Waals surface area (Å²) in [5.74, 6) is -0.459. The highest BCUT2D eigenvalue weighted by Gasteiger charge is 2.48. The molecule has 0 bridgehead atoms. The van der Waals surface area contributed by atoms with Crippen LogP contribution in [0.2, 0.25) is 0 Å². The zero-order valence-corrected chi connectivity index (χ0v) is 15.0. The van der Waals surface area contributed by atoms with Crippen LogP contribution in [-0.4, -0.2) is 29.3 Å². The number of hydrogen-bond acceptors (Lipinski definition) is 3. The number of carbonyl (C=O) groups is 1. The highest BCUT2D eigenvalue weighted by Crippen LogP contribution is 2.27. The summed E-state index contributed by atoms with van der Waals surface area (Å²) >= 11 is 0. The molecule has 23 heavy (non-hydrogen) atoms. The van der Waals surface area contributed by atoms with Gasteiger partial charge in [-0.2, -0.15) is 0 Å². The van der Waals surface area contributed by atoms with Crippen LogP contribution in [0.1, 0.15) is 96.8 Å². The van der Waals surface area contributed by atoms with Gasteiger partial charge in [0.25, 0.3) is 0 Å². The summed E-state index contributed by atoms with van der Waals surface area (Å²) < 4.78 is 5.08. The third-order valence-corrected chi connectivity index (χ3v) is 4.79. The fourth-order valence-corrected chi connectivity index (χ4v) is 3.18. The molecular weight excluding hydrogens is 290 g/mol. The van der Waals surface area contributed by atoms with E-state index >= 15 is 0 Å². The molecule has 0 spiro atoms. The molecular formula is C19H37NO3. The second-order valence-electron chi connectivity index (χ2n) is 7.02. The van der Waals surface area contributed by atoms with Crippen molar-refractivity contribution < 1.29 is 14.6 Å². The minimum absolute atomic E-state index is 0.343. The number of rotatable bonds is 16. The van der Waals surface area contributed by atoms with E-state index in [0.717, 1.165) is 12.8 Å². The lowest BCUT2D eigenvalue weighted by molar-refractivity contribution is -0.119. The summed E-state index contributed by atoms with van der Waals surface area (Å²) in [6.07, 6.45) is 16.5. The number of primary amides is 1. The van der Waals surface area contributed by atoms with Gasteiger partial charge in [-0.15, -0.1) is 0 Å². The molecule has 0 aromatic carbocycles. The average Bonchev–Trinajstić information content (AvgIpc) is 3.32. The van der Waals surface area contributed by atoms with Gasteiger partial charge in [-0.25, -0.2) is 0 Å². The molecule has 3 atom stereocenters. The third-order valence-electron chi connectivity index (χ3n) is 4.79. The number of aliphatic hydroxyl groups is 1. The molecule has 0 radical (unpaired) electrons. The molecule has 3 N–H and O–H groups in total. The largest absolute Gasteiger partial charge is 0.390 e. The standard InChI is InChI=1S/C19H37NO3/c1-2-3-4-5-6-7-8-9-10-11-12-13-14-15-16(21)17-18(23-17)19(20)22/h16-18,21H,2-15H2,1H3,(H2,20,22)/t16-,17-,18-/m1/s1. The van der Waals surface area contributed by atoms with Gasteiger partial charge in [-0.3, -0.25) is 4.79 Å². The van der Waals surface area contributed by atoms with Crippen molar-refractivity contribution in [2.75, 3.05) is 0 Å². The number of nitrogens with two attached hydrogens (primary N) is 1. The van der Waals surface area contributed by atoms with Crippen molar-refractivity contribution >= 4 is 5.91 Å². The van der Waals surface area contributed by atoms with Crippen LogP contribution in [0.25, 0.3) is 0 Å². The maximum Gasteiger partial charge on any atom is 0.249 e. The van der Waals surface area contributed by atoms with Gasteiger partial charge in [0.15, 0.2) is 6.10 Å². The SMILES string of the molecule is CCCCCCCCCCCCCCC[C@@H](O)[C@H]1O[C@H]1C(N)=O. The van der Waals surface area contributed by atoms with E-state index in [1.54, 1.807) is 0 Å². The van der Waals surface area contributed by atoms with Crippen LogP contribution in [-0.2, 0) is 9.53 Å². The van der Waals surface area contributed by atoms with Crippen molar-refractivity contribution in [2.24, 2.45) is 5.73 Å². The van der Waals surface area contributed by atoms with Crippen molar-refractivity contribution in [3.63, 3.8) is 0 Å². The van der Waals surface area contributed by atoms with Crippen molar-refractivity contribution in [1.82, 2.24) is 0 Å². The summed E-state index contributed by atoms with van der Waals surface area (Å²) in [6.45, 7) is 2.26. The fraction of sp³-hybridized carbons (Fsp3) is 0.947. The first kappa shape index (κ1) is 20.4. The first-order valence-electron chi connectivity index (χ1n) is 9.79. The van der Waals surface area contributed by atoms with Crippen molar-refractivity contribution in [2.45, 2.75) is 115 Å². The van der Waals surface area contributed by atoms with Gasteiger partial charge in [-0.05, 0) is 6.42 Å². The lowest BCUT2D eigenvalue weighted by Gasteiger charge is -2.07. The second kappa shape index (κ2) is 12.8. The first-order chi connectivity index (χ1) is 11.2. The Bertz CT molecular complexity index is 309. The second-order valence-corrected chi connectivity index (χ2v) is 7.02. The first-order valence-corrected chi connectivity index (χ1v) is 9.79. The Morgan fingerprint density at radius 3 is 1.74 bits per heavy atom. The number of carbonyl (C=O) groups excluding carboxylic acids is 1. The van der Waals surface area contributed by atoms with Gasteiger partial charge in [0, 0.05) is 0 Å². The summed E-state index contributed by atoms with van der Waals surface area (Å²) in [6, 6.07) is 0. The van der Waals surface area contributed by atoms with Crippen LogP contribution in [0.4, 0.5) is 0 Å². The van der Waals surface area contributed by atoms with E-state index in [4.69, 9.17) is 10.5 Å². The maximum absolute atomic E-state index is 10.9. The number of amides is 1. The number of hydrogen-bond donors (Lipinski definition) is 2. The number of epoxide rings is 1. The van der Waals surface area contributed by atoms with Crippen molar-refractivity contribution in [3.8, 4) is 0 Å². The molecule has 1 amide bonds. The van der Waals surface area contributed by atoms with E-state index in [-0.39, 0.29) is 6.10 Å². The highest BCUT2D eigenvalue weighted by atomic mass is 16.6. The maximum atomic E-state index is 10.9. The number of unbranched alkanes of at least 4 members (excludes halogenated alkanes) is 12. The van der Waals surface area contributed by atoms with Crippen LogP contribution < -0.4 is 5.73 Å². The van der Waals surface area contributed by atoms with Crippen LogP contribution in [0.3, 0.4) is 0 Å². The van der Waals surface area contributed by atoms with Crippen molar-refractivity contribution in [3.05, 3.63) is 0 Å². The van der Waals surface area contributed by atoms with E-state index in [1.807, 2.05) is 0 Å². The molecule has 1 aliphatic rings. The van der Waals surface area contributed by atoms with Crippen LogP contribution >= 0.6 is 0 Å². The fourth-order valence-electron chi connectivity index (χ4n) is 3.18. The molecule has 136 valence electrons. The molecule has 0 aromatic rings.